The lowest BCUT2D eigenvalue weighted by Gasteiger charge is -2.10. The fourth-order valence-electron chi connectivity index (χ4n) is 2.41. The molecule has 0 unspecified atom stereocenters. The van der Waals surface area contributed by atoms with Crippen molar-refractivity contribution in [3.05, 3.63) is 89.4 Å². The zero-order chi connectivity index (χ0) is 18.4. The van der Waals surface area contributed by atoms with Gasteiger partial charge in [0.25, 0.3) is 5.91 Å². The summed E-state index contributed by atoms with van der Waals surface area (Å²) in [6.45, 7) is 0.443. The number of ether oxygens (including phenoxy) is 1. The van der Waals surface area contributed by atoms with Crippen molar-refractivity contribution >= 4 is 11.7 Å². The Morgan fingerprint density at radius 1 is 1.12 bits per heavy atom. The Morgan fingerprint density at radius 2 is 1.96 bits per heavy atom. The van der Waals surface area contributed by atoms with Gasteiger partial charge in [-0.2, -0.15) is 0 Å². The Hall–Kier alpha value is -3.41. The standard InChI is InChI=1S/C20H18FN3O2/c21-18-9-2-1-6-15(18)13-26-16-7-3-5-14(11-16)12-24-20(25)17-8-4-10-23-19(17)22/h1-11H,12-13H2,(H2,22,23)(H,24,25). The molecule has 0 aliphatic heterocycles. The molecule has 1 heterocycles. The van der Waals surface area contributed by atoms with Gasteiger partial charge in [0.1, 0.15) is 24.0 Å². The highest BCUT2D eigenvalue weighted by atomic mass is 19.1. The van der Waals surface area contributed by atoms with E-state index in [1.165, 1.54) is 12.3 Å². The van der Waals surface area contributed by atoms with Gasteiger partial charge in [-0.15, -0.1) is 0 Å². The van der Waals surface area contributed by atoms with Crippen molar-refractivity contribution in [2.45, 2.75) is 13.2 Å². The van der Waals surface area contributed by atoms with Gasteiger partial charge >= 0.3 is 0 Å². The van der Waals surface area contributed by atoms with Gasteiger partial charge in [-0.3, -0.25) is 4.79 Å². The molecule has 3 rings (SSSR count). The molecule has 0 aliphatic rings. The molecular weight excluding hydrogens is 333 g/mol. The van der Waals surface area contributed by atoms with Crippen LogP contribution < -0.4 is 15.8 Å². The summed E-state index contributed by atoms with van der Waals surface area (Å²) in [5.41, 5.74) is 7.37. The third kappa shape index (κ3) is 4.36. The minimum absolute atomic E-state index is 0.134. The number of aromatic nitrogens is 1. The van der Waals surface area contributed by atoms with E-state index in [4.69, 9.17) is 10.5 Å². The Labute approximate surface area is 150 Å². The normalized spacial score (nSPS) is 10.3. The van der Waals surface area contributed by atoms with Gasteiger partial charge in [-0.1, -0.05) is 30.3 Å². The van der Waals surface area contributed by atoms with Crippen molar-refractivity contribution in [3.63, 3.8) is 0 Å². The van der Waals surface area contributed by atoms with Gasteiger partial charge in [0.15, 0.2) is 0 Å². The quantitative estimate of drug-likeness (QED) is 0.714. The van der Waals surface area contributed by atoms with E-state index in [1.54, 1.807) is 42.5 Å². The number of benzene rings is 2. The number of nitrogen functional groups attached to an aromatic ring is 1. The van der Waals surface area contributed by atoms with E-state index in [0.717, 1.165) is 5.56 Å². The number of amides is 1. The van der Waals surface area contributed by atoms with E-state index in [1.807, 2.05) is 12.1 Å². The maximum atomic E-state index is 13.6. The highest BCUT2D eigenvalue weighted by Gasteiger charge is 2.09. The monoisotopic (exact) mass is 351 g/mol. The number of nitrogens with zero attached hydrogens (tertiary/aromatic N) is 1. The van der Waals surface area contributed by atoms with Crippen LogP contribution in [0.4, 0.5) is 10.2 Å². The van der Waals surface area contributed by atoms with E-state index in [9.17, 15) is 9.18 Å². The molecule has 26 heavy (non-hydrogen) atoms. The van der Waals surface area contributed by atoms with Crippen molar-refractivity contribution in [2.75, 3.05) is 5.73 Å². The van der Waals surface area contributed by atoms with Crippen LogP contribution in [0.15, 0.2) is 66.9 Å². The van der Waals surface area contributed by atoms with Crippen LogP contribution in [0.3, 0.4) is 0 Å². The van der Waals surface area contributed by atoms with Crippen LogP contribution in [0.25, 0.3) is 0 Å². The van der Waals surface area contributed by atoms with Crippen molar-refractivity contribution in [1.82, 2.24) is 10.3 Å². The minimum atomic E-state index is -0.301. The summed E-state index contributed by atoms with van der Waals surface area (Å²) in [5, 5.41) is 2.79. The first-order valence-electron chi connectivity index (χ1n) is 8.07. The number of nitrogens with one attached hydrogen (secondary N) is 1. The fraction of sp³-hybridized carbons (Fsp3) is 0.100. The Balaban J connectivity index is 1.60. The minimum Gasteiger partial charge on any atom is -0.489 e. The zero-order valence-corrected chi connectivity index (χ0v) is 14.0. The smallest absolute Gasteiger partial charge is 0.255 e. The van der Waals surface area contributed by atoms with Crippen LogP contribution in [-0.2, 0) is 13.2 Å². The lowest BCUT2D eigenvalue weighted by Crippen LogP contribution is -2.24. The number of halogens is 1. The number of carbonyl (C=O) groups excluding carboxylic acids is 1. The van der Waals surface area contributed by atoms with Gasteiger partial charge in [0, 0.05) is 18.3 Å². The molecule has 0 radical (unpaired) electrons. The van der Waals surface area contributed by atoms with Crippen molar-refractivity contribution < 1.29 is 13.9 Å². The summed E-state index contributed by atoms with van der Waals surface area (Å²) < 4.78 is 19.3. The van der Waals surface area contributed by atoms with Crippen molar-refractivity contribution in [3.8, 4) is 5.75 Å². The zero-order valence-electron chi connectivity index (χ0n) is 14.0. The van der Waals surface area contributed by atoms with Crippen LogP contribution in [-0.4, -0.2) is 10.9 Å². The summed E-state index contributed by atoms with van der Waals surface area (Å²) in [7, 11) is 0. The third-order valence-electron chi connectivity index (χ3n) is 3.79. The first kappa shape index (κ1) is 17.4. The van der Waals surface area contributed by atoms with Gasteiger partial charge in [0.2, 0.25) is 0 Å². The van der Waals surface area contributed by atoms with E-state index >= 15 is 0 Å². The fourth-order valence-corrected chi connectivity index (χ4v) is 2.41. The molecule has 3 N–H and O–H groups in total. The molecule has 1 amide bonds. The summed E-state index contributed by atoms with van der Waals surface area (Å²) >= 11 is 0. The van der Waals surface area contributed by atoms with Crippen molar-refractivity contribution in [1.29, 1.82) is 0 Å². The number of anilines is 1. The van der Waals surface area contributed by atoms with E-state index in [-0.39, 0.29) is 24.1 Å². The average molecular weight is 351 g/mol. The number of hydrogen-bond acceptors (Lipinski definition) is 4. The summed E-state index contributed by atoms with van der Waals surface area (Å²) in [4.78, 5) is 16.1. The van der Waals surface area contributed by atoms with Crippen LogP contribution in [0, 0.1) is 5.82 Å². The van der Waals surface area contributed by atoms with Gasteiger partial charge in [-0.25, -0.2) is 9.37 Å². The second-order valence-corrected chi connectivity index (χ2v) is 5.65. The van der Waals surface area contributed by atoms with Gasteiger partial charge in [0.05, 0.1) is 5.56 Å². The van der Waals surface area contributed by atoms with Crippen molar-refractivity contribution in [2.24, 2.45) is 0 Å². The molecular formula is C20H18FN3O2. The van der Waals surface area contributed by atoms with Crippen LogP contribution >= 0.6 is 0 Å². The number of pyridine rings is 1. The van der Waals surface area contributed by atoms with Crippen LogP contribution in [0.5, 0.6) is 5.75 Å². The lowest BCUT2D eigenvalue weighted by molar-refractivity contribution is 0.0951. The summed E-state index contributed by atoms with van der Waals surface area (Å²) in [5.74, 6) is 0.186. The first-order valence-corrected chi connectivity index (χ1v) is 8.07. The number of hydrogen-bond donors (Lipinski definition) is 2. The van der Waals surface area contributed by atoms with Crippen LogP contribution in [0.2, 0.25) is 0 Å². The molecule has 0 bridgehead atoms. The van der Waals surface area contributed by atoms with E-state index in [0.29, 0.717) is 23.4 Å². The number of nitrogens with two attached hydrogens (primary N) is 1. The molecule has 6 heteroatoms. The van der Waals surface area contributed by atoms with Gasteiger partial charge in [-0.05, 0) is 35.9 Å². The first-order chi connectivity index (χ1) is 12.6. The Bertz CT molecular complexity index is 915. The molecule has 0 fully saturated rings. The molecule has 3 aromatic rings. The topological polar surface area (TPSA) is 77.2 Å². The predicted molar refractivity (Wildman–Crippen MR) is 97.0 cm³/mol. The number of rotatable bonds is 6. The highest BCUT2D eigenvalue weighted by Crippen LogP contribution is 2.17. The van der Waals surface area contributed by atoms with Gasteiger partial charge < -0.3 is 15.8 Å². The van der Waals surface area contributed by atoms with E-state index < -0.39 is 0 Å². The average Bonchev–Trinajstić information content (AvgIpc) is 2.66. The SMILES string of the molecule is Nc1ncccc1C(=O)NCc1cccc(OCc2ccccc2F)c1. The van der Waals surface area contributed by atoms with E-state index in [2.05, 4.69) is 10.3 Å². The summed E-state index contributed by atoms with van der Waals surface area (Å²) in [6, 6.07) is 17.0. The Kier molecular flexibility index (Phi) is 5.43. The lowest BCUT2D eigenvalue weighted by atomic mass is 10.2. The second-order valence-electron chi connectivity index (χ2n) is 5.65. The predicted octanol–water partition coefficient (Wildman–Crippen LogP) is 3.31. The molecule has 0 saturated carbocycles. The maximum Gasteiger partial charge on any atom is 0.255 e. The Morgan fingerprint density at radius 3 is 2.77 bits per heavy atom. The molecule has 1 aromatic heterocycles. The third-order valence-corrected chi connectivity index (χ3v) is 3.79. The second kappa shape index (κ2) is 8.11. The van der Waals surface area contributed by atoms with Crippen LogP contribution in [0.1, 0.15) is 21.5 Å². The highest BCUT2D eigenvalue weighted by molar-refractivity contribution is 5.98. The molecule has 132 valence electrons. The largest absolute Gasteiger partial charge is 0.489 e. The molecule has 5 nitrogen and oxygen atoms in total. The summed E-state index contributed by atoms with van der Waals surface area (Å²) in [6.07, 6.45) is 1.53. The molecule has 0 atom stereocenters. The molecule has 0 spiro atoms. The molecule has 0 aliphatic carbocycles. The number of carbonyl (C=O) groups is 1. The molecule has 0 saturated heterocycles. The molecule has 2 aromatic carbocycles. The maximum absolute atomic E-state index is 13.6.